The molecule has 34 heavy (non-hydrogen) atoms. The number of carboxylic acid groups (broad SMARTS) is 1. The highest BCUT2D eigenvalue weighted by Crippen LogP contribution is 2.32. The van der Waals surface area contributed by atoms with E-state index in [1.165, 1.54) is 16.7 Å². The molecule has 2 aromatic carbocycles. The summed E-state index contributed by atoms with van der Waals surface area (Å²) in [5.41, 5.74) is 2.41. The molecule has 0 radical (unpaired) electrons. The molecule has 9 heteroatoms. The topological polar surface area (TPSA) is 94.9 Å². The first-order chi connectivity index (χ1) is 16.1. The van der Waals surface area contributed by atoms with Gasteiger partial charge in [-0.2, -0.15) is 0 Å². The molecule has 7 nitrogen and oxygen atoms in total. The molecule has 2 amide bonds. The van der Waals surface area contributed by atoms with Crippen LogP contribution in [-0.4, -0.2) is 37.7 Å². The fourth-order valence-corrected chi connectivity index (χ4v) is 4.44. The largest absolute Gasteiger partial charge is 0.465 e. The van der Waals surface area contributed by atoms with Crippen LogP contribution >= 0.6 is 23.4 Å². The zero-order valence-electron chi connectivity index (χ0n) is 18.9. The molecule has 174 valence electrons. The number of carbonyl (C=O) groups excluding carboxylic acids is 1. The van der Waals surface area contributed by atoms with Gasteiger partial charge in [0.1, 0.15) is 0 Å². The van der Waals surface area contributed by atoms with Gasteiger partial charge < -0.3 is 10.4 Å². The second kappa shape index (κ2) is 9.48. The normalized spacial score (nSPS) is 16.3. The molecule has 1 aliphatic heterocycles. The molecule has 1 fully saturated rings. The Labute approximate surface area is 206 Å². The lowest BCUT2D eigenvalue weighted by Gasteiger charge is -2.33. The second-order valence-electron chi connectivity index (χ2n) is 8.76. The van der Waals surface area contributed by atoms with E-state index in [1.54, 1.807) is 30.5 Å². The van der Waals surface area contributed by atoms with E-state index < -0.39 is 11.6 Å². The Balaban J connectivity index is 1.57. The number of carbonyl (C=O) groups is 2. The van der Waals surface area contributed by atoms with E-state index in [1.807, 2.05) is 51.1 Å². The molecule has 4 rings (SSSR count). The Kier molecular flexibility index (Phi) is 6.63. The monoisotopic (exact) mass is 494 g/mol. The van der Waals surface area contributed by atoms with Crippen LogP contribution in [0.25, 0.3) is 17.0 Å². The molecule has 1 aromatic heterocycles. The standard InChI is InChI=1S/C25H23ClN4O3S/c1-25(2,3)30(24(32)33)14-16-6-8-18(26)20(12-16)28-23-29-22(31)21(34-23)13-15-7-9-19-17(11-15)5-4-10-27-19/h4-13H,14H2,1-3H3,(H,32,33)(H,28,29,31). The highest BCUT2D eigenvalue weighted by Gasteiger charge is 2.27. The summed E-state index contributed by atoms with van der Waals surface area (Å²) < 4.78 is 0. The number of nitrogens with one attached hydrogen (secondary N) is 1. The number of amidine groups is 1. The fraction of sp³-hybridized carbons (Fsp3) is 0.200. The SMILES string of the molecule is CC(C)(C)N(Cc1ccc(Cl)c(N=C2NC(=O)C(=Cc3ccc4ncccc4c3)S2)c1)C(=O)O. The molecule has 0 saturated carbocycles. The van der Waals surface area contributed by atoms with Crippen molar-refractivity contribution in [2.45, 2.75) is 32.9 Å². The van der Waals surface area contributed by atoms with Gasteiger partial charge in [0.2, 0.25) is 0 Å². The highest BCUT2D eigenvalue weighted by molar-refractivity contribution is 8.18. The Bertz CT molecular complexity index is 1350. The van der Waals surface area contributed by atoms with Crippen LogP contribution in [0, 0.1) is 0 Å². The predicted molar refractivity (Wildman–Crippen MR) is 137 cm³/mol. The number of aliphatic imine (C=N–C) groups is 1. The lowest BCUT2D eigenvalue weighted by molar-refractivity contribution is -0.115. The van der Waals surface area contributed by atoms with Crippen molar-refractivity contribution in [2.24, 2.45) is 4.99 Å². The first-order valence-corrected chi connectivity index (χ1v) is 11.7. The summed E-state index contributed by atoms with van der Waals surface area (Å²) in [5, 5.41) is 14.1. The van der Waals surface area contributed by atoms with Gasteiger partial charge >= 0.3 is 6.09 Å². The van der Waals surface area contributed by atoms with Gasteiger partial charge in [-0.25, -0.2) is 9.79 Å². The van der Waals surface area contributed by atoms with Gasteiger partial charge in [0.05, 0.1) is 21.1 Å². The minimum Gasteiger partial charge on any atom is -0.465 e. The van der Waals surface area contributed by atoms with Gasteiger partial charge in [-0.15, -0.1) is 0 Å². The van der Waals surface area contributed by atoms with E-state index in [0.717, 1.165) is 22.0 Å². The Hall–Kier alpha value is -3.36. The summed E-state index contributed by atoms with van der Waals surface area (Å²) in [6.07, 6.45) is 2.54. The van der Waals surface area contributed by atoms with Crippen molar-refractivity contribution in [1.29, 1.82) is 0 Å². The number of fused-ring (bicyclic) bond motifs is 1. The minimum atomic E-state index is -1.01. The fourth-order valence-electron chi connectivity index (χ4n) is 3.44. The van der Waals surface area contributed by atoms with E-state index in [9.17, 15) is 14.7 Å². The lowest BCUT2D eigenvalue weighted by Crippen LogP contribution is -2.44. The molecule has 0 bridgehead atoms. The van der Waals surface area contributed by atoms with Crippen molar-refractivity contribution in [2.75, 3.05) is 0 Å². The van der Waals surface area contributed by atoms with Crippen LogP contribution in [0.4, 0.5) is 10.5 Å². The second-order valence-corrected chi connectivity index (χ2v) is 10.2. The number of pyridine rings is 1. The van der Waals surface area contributed by atoms with Gasteiger partial charge in [0.25, 0.3) is 5.91 Å². The highest BCUT2D eigenvalue weighted by atomic mass is 35.5. The molecule has 3 aromatic rings. The summed E-state index contributed by atoms with van der Waals surface area (Å²) in [5.74, 6) is -0.243. The van der Waals surface area contributed by atoms with Gasteiger partial charge in [0, 0.05) is 23.7 Å². The molecule has 0 spiro atoms. The van der Waals surface area contributed by atoms with Crippen LogP contribution in [0.15, 0.2) is 64.6 Å². The van der Waals surface area contributed by atoms with Crippen LogP contribution in [0.3, 0.4) is 0 Å². The maximum Gasteiger partial charge on any atom is 0.408 e. The van der Waals surface area contributed by atoms with E-state index in [4.69, 9.17) is 11.6 Å². The maximum absolute atomic E-state index is 12.5. The molecule has 0 atom stereocenters. The summed E-state index contributed by atoms with van der Waals surface area (Å²) in [6, 6.07) is 14.8. The molecule has 0 unspecified atom stereocenters. The Morgan fingerprint density at radius 1 is 1.24 bits per heavy atom. The minimum absolute atomic E-state index is 0.190. The Morgan fingerprint density at radius 3 is 2.76 bits per heavy atom. The molecule has 2 heterocycles. The van der Waals surface area contributed by atoms with Gasteiger partial charge in [-0.1, -0.05) is 29.8 Å². The summed E-state index contributed by atoms with van der Waals surface area (Å²) in [6.45, 7) is 5.70. The average Bonchev–Trinajstić information content (AvgIpc) is 3.11. The number of halogens is 1. The first kappa shape index (κ1) is 23.8. The number of aromatic nitrogens is 1. The lowest BCUT2D eigenvalue weighted by atomic mass is 10.1. The Morgan fingerprint density at radius 2 is 2.03 bits per heavy atom. The van der Waals surface area contributed by atoms with Crippen LogP contribution in [-0.2, 0) is 11.3 Å². The van der Waals surface area contributed by atoms with Crippen LogP contribution in [0.5, 0.6) is 0 Å². The number of nitrogens with zero attached hydrogens (tertiary/aromatic N) is 3. The third-order valence-electron chi connectivity index (χ3n) is 5.19. The van der Waals surface area contributed by atoms with Crippen molar-refractivity contribution in [3.63, 3.8) is 0 Å². The van der Waals surface area contributed by atoms with Crippen molar-refractivity contribution in [3.8, 4) is 0 Å². The van der Waals surface area contributed by atoms with E-state index in [0.29, 0.717) is 20.8 Å². The molecule has 1 saturated heterocycles. The van der Waals surface area contributed by atoms with Crippen molar-refractivity contribution in [1.82, 2.24) is 15.2 Å². The number of thioether (sulfide) groups is 1. The van der Waals surface area contributed by atoms with Crippen LogP contribution in [0.1, 0.15) is 31.9 Å². The number of benzene rings is 2. The summed E-state index contributed by atoms with van der Waals surface area (Å²) in [4.78, 5) is 34.9. The maximum atomic E-state index is 12.5. The van der Waals surface area contributed by atoms with Gasteiger partial charge in [-0.3, -0.25) is 14.7 Å². The summed E-state index contributed by atoms with van der Waals surface area (Å²) >= 11 is 7.57. The van der Waals surface area contributed by atoms with Crippen LogP contribution < -0.4 is 5.32 Å². The van der Waals surface area contributed by atoms with E-state index >= 15 is 0 Å². The van der Waals surface area contributed by atoms with Gasteiger partial charge in [0.15, 0.2) is 5.17 Å². The average molecular weight is 495 g/mol. The molecular formula is C25H23ClN4O3S. The predicted octanol–water partition coefficient (Wildman–Crippen LogP) is 6.06. The number of hydrogen-bond donors (Lipinski definition) is 2. The molecule has 2 N–H and O–H groups in total. The van der Waals surface area contributed by atoms with Crippen LogP contribution in [0.2, 0.25) is 5.02 Å². The zero-order chi connectivity index (χ0) is 24.5. The zero-order valence-corrected chi connectivity index (χ0v) is 20.4. The number of amides is 2. The van der Waals surface area contributed by atoms with Gasteiger partial charge in [-0.05, 0) is 80.1 Å². The number of hydrogen-bond acceptors (Lipinski definition) is 5. The van der Waals surface area contributed by atoms with E-state index in [2.05, 4.69) is 15.3 Å². The van der Waals surface area contributed by atoms with E-state index in [-0.39, 0.29) is 12.5 Å². The third kappa shape index (κ3) is 5.40. The van der Waals surface area contributed by atoms with Crippen molar-refractivity contribution < 1.29 is 14.7 Å². The molecule has 0 aliphatic carbocycles. The molecule has 1 aliphatic rings. The third-order valence-corrected chi connectivity index (χ3v) is 6.42. The van der Waals surface area contributed by atoms with Crippen molar-refractivity contribution >= 4 is 63.2 Å². The van der Waals surface area contributed by atoms with Crippen molar-refractivity contribution in [3.05, 3.63) is 75.8 Å². The molecular weight excluding hydrogens is 472 g/mol. The smallest absolute Gasteiger partial charge is 0.408 e. The first-order valence-electron chi connectivity index (χ1n) is 10.5. The number of rotatable bonds is 4. The quantitative estimate of drug-likeness (QED) is 0.430. The summed E-state index contributed by atoms with van der Waals surface area (Å²) in [7, 11) is 0.